The molecule has 0 saturated carbocycles. The number of rotatable bonds is 1. The van der Waals surface area contributed by atoms with E-state index in [9.17, 15) is 0 Å². The summed E-state index contributed by atoms with van der Waals surface area (Å²) in [6.45, 7) is 4.04. The predicted molar refractivity (Wildman–Crippen MR) is 54.3 cm³/mol. The highest BCUT2D eigenvalue weighted by atomic mass is 35.5. The van der Waals surface area contributed by atoms with Gasteiger partial charge in [0.1, 0.15) is 0 Å². The van der Waals surface area contributed by atoms with E-state index in [0.717, 1.165) is 10.6 Å². The van der Waals surface area contributed by atoms with Crippen LogP contribution < -0.4 is 0 Å². The van der Waals surface area contributed by atoms with Gasteiger partial charge in [0.25, 0.3) is 0 Å². The summed E-state index contributed by atoms with van der Waals surface area (Å²) in [5, 5.41) is 0.768. The topological polar surface area (TPSA) is 0 Å². The molecule has 1 heteroatoms. The minimum atomic E-state index is 0.768. The van der Waals surface area contributed by atoms with Crippen LogP contribution in [0.1, 0.15) is 19.4 Å². The van der Waals surface area contributed by atoms with Gasteiger partial charge in [0.05, 0.1) is 0 Å². The second-order valence-corrected chi connectivity index (χ2v) is 3.28. The quantitative estimate of drug-likeness (QED) is 0.572. The van der Waals surface area contributed by atoms with Crippen LogP contribution in [0.2, 0.25) is 5.02 Å². The molecule has 1 aromatic rings. The normalized spacial score (nSPS) is 8.92. The lowest BCUT2D eigenvalue weighted by Crippen LogP contribution is -1.68. The summed E-state index contributed by atoms with van der Waals surface area (Å²) >= 11 is 5.73. The Morgan fingerprint density at radius 1 is 1.25 bits per heavy atom. The smallest absolute Gasteiger partial charge is 0.0406 e. The van der Waals surface area contributed by atoms with Crippen LogP contribution in [0.4, 0.5) is 0 Å². The van der Waals surface area contributed by atoms with E-state index in [-0.39, 0.29) is 0 Å². The third kappa shape index (κ3) is 2.96. The van der Waals surface area contributed by atoms with Crippen molar-refractivity contribution in [2.45, 2.75) is 13.8 Å². The van der Waals surface area contributed by atoms with Crippen LogP contribution in [0.15, 0.2) is 35.6 Å². The van der Waals surface area contributed by atoms with Crippen molar-refractivity contribution in [3.63, 3.8) is 0 Å². The van der Waals surface area contributed by atoms with Gasteiger partial charge in [-0.05, 0) is 43.2 Å². The highest BCUT2D eigenvalue weighted by Crippen LogP contribution is 2.10. The van der Waals surface area contributed by atoms with Gasteiger partial charge in [-0.15, -0.1) is 5.73 Å². The van der Waals surface area contributed by atoms with Crippen molar-refractivity contribution in [3.8, 4) is 0 Å². The summed E-state index contributed by atoms with van der Waals surface area (Å²) in [7, 11) is 0. The van der Waals surface area contributed by atoms with Crippen molar-refractivity contribution in [1.82, 2.24) is 0 Å². The van der Waals surface area contributed by atoms with Gasteiger partial charge in [0.2, 0.25) is 0 Å². The van der Waals surface area contributed by atoms with Crippen molar-refractivity contribution in [2.75, 3.05) is 0 Å². The molecular formula is C11H11Cl. The Hall–Kier alpha value is -0.970. The highest BCUT2D eigenvalue weighted by molar-refractivity contribution is 6.30. The molecule has 0 N–H and O–H groups in total. The number of hydrogen-bond donors (Lipinski definition) is 0. The Morgan fingerprint density at radius 2 is 1.83 bits per heavy atom. The lowest BCUT2D eigenvalue weighted by molar-refractivity contribution is 1.41. The average Bonchev–Trinajstić information content (AvgIpc) is 2.03. The summed E-state index contributed by atoms with van der Waals surface area (Å²) in [6.07, 6.45) is 1.95. The molecule has 0 nitrogen and oxygen atoms in total. The fourth-order valence-corrected chi connectivity index (χ4v) is 0.913. The number of benzene rings is 1. The Morgan fingerprint density at radius 3 is 2.33 bits per heavy atom. The number of halogens is 1. The minimum absolute atomic E-state index is 0.768. The minimum Gasteiger partial charge on any atom is -0.122 e. The number of hydrogen-bond acceptors (Lipinski definition) is 0. The van der Waals surface area contributed by atoms with Crippen LogP contribution in [0, 0.1) is 0 Å². The summed E-state index contributed by atoms with van der Waals surface area (Å²) in [4.78, 5) is 0. The molecule has 1 aromatic carbocycles. The lowest BCUT2D eigenvalue weighted by Gasteiger charge is -1.90. The fourth-order valence-electron chi connectivity index (χ4n) is 0.787. The van der Waals surface area contributed by atoms with Crippen molar-refractivity contribution >= 4 is 17.7 Å². The zero-order valence-corrected chi connectivity index (χ0v) is 8.02. The molecule has 12 heavy (non-hydrogen) atoms. The zero-order valence-electron chi connectivity index (χ0n) is 7.26. The second kappa shape index (κ2) is 4.15. The van der Waals surface area contributed by atoms with E-state index >= 15 is 0 Å². The predicted octanol–water partition coefficient (Wildman–Crippen LogP) is 3.92. The molecule has 0 aromatic heterocycles. The third-order valence-corrected chi connectivity index (χ3v) is 1.65. The van der Waals surface area contributed by atoms with Gasteiger partial charge >= 0.3 is 0 Å². The van der Waals surface area contributed by atoms with Crippen LogP contribution in [0.3, 0.4) is 0 Å². The summed E-state index contributed by atoms with van der Waals surface area (Å²) in [5.41, 5.74) is 5.43. The van der Waals surface area contributed by atoms with E-state index in [2.05, 4.69) is 5.73 Å². The van der Waals surface area contributed by atoms with Crippen LogP contribution in [0.5, 0.6) is 0 Å². The molecule has 0 fully saturated rings. The maximum absolute atomic E-state index is 5.73. The molecule has 0 amide bonds. The van der Waals surface area contributed by atoms with Crippen molar-refractivity contribution in [3.05, 3.63) is 46.2 Å². The van der Waals surface area contributed by atoms with Gasteiger partial charge in [-0.1, -0.05) is 23.7 Å². The summed E-state index contributed by atoms with van der Waals surface area (Å²) in [6, 6.07) is 7.69. The molecule has 1 rings (SSSR count). The molecule has 62 valence electrons. The molecule has 0 aliphatic heterocycles. The zero-order chi connectivity index (χ0) is 8.97. The first-order valence-electron chi connectivity index (χ1n) is 3.84. The van der Waals surface area contributed by atoms with Crippen LogP contribution in [0.25, 0.3) is 6.08 Å². The third-order valence-electron chi connectivity index (χ3n) is 1.40. The van der Waals surface area contributed by atoms with Crippen molar-refractivity contribution < 1.29 is 0 Å². The van der Waals surface area contributed by atoms with Gasteiger partial charge in [0, 0.05) is 5.02 Å². The highest BCUT2D eigenvalue weighted by Gasteiger charge is 1.85. The van der Waals surface area contributed by atoms with E-state index < -0.39 is 0 Å². The maximum Gasteiger partial charge on any atom is 0.0406 e. The molecule has 0 aliphatic carbocycles. The van der Waals surface area contributed by atoms with E-state index in [4.69, 9.17) is 11.6 Å². The molecule has 0 heterocycles. The standard InChI is InChI=1S/C11H11Cl/c1-9(2)3-4-10-5-7-11(12)8-6-10/h4-8H,1-2H3. The van der Waals surface area contributed by atoms with Crippen molar-refractivity contribution in [1.29, 1.82) is 0 Å². The molecule has 0 spiro atoms. The van der Waals surface area contributed by atoms with Gasteiger partial charge < -0.3 is 0 Å². The Balaban J connectivity index is 2.92. The van der Waals surface area contributed by atoms with Gasteiger partial charge in [-0.25, -0.2) is 0 Å². The van der Waals surface area contributed by atoms with Gasteiger partial charge in [0.15, 0.2) is 0 Å². The summed E-state index contributed by atoms with van der Waals surface area (Å²) < 4.78 is 0. The first-order chi connectivity index (χ1) is 5.68. The molecule has 0 aliphatic rings. The summed E-state index contributed by atoms with van der Waals surface area (Å²) in [5.74, 6) is 0. The molecule has 0 saturated heterocycles. The largest absolute Gasteiger partial charge is 0.122 e. The molecule has 0 bridgehead atoms. The monoisotopic (exact) mass is 178 g/mol. The SMILES string of the molecule is CC(C)=C=Cc1ccc(Cl)cc1. The average molecular weight is 179 g/mol. The van der Waals surface area contributed by atoms with Crippen LogP contribution in [-0.2, 0) is 0 Å². The van der Waals surface area contributed by atoms with Gasteiger partial charge in [-0.2, -0.15) is 0 Å². The lowest BCUT2D eigenvalue weighted by atomic mass is 10.2. The van der Waals surface area contributed by atoms with E-state index in [1.54, 1.807) is 0 Å². The molecule has 0 unspecified atom stereocenters. The first-order valence-corrected chi connectivity index (χ1v) is 4.22. The van der Waals surface area contributed by atoms with Crippen LogP contribution in [-0.4, -0.2) is 0 Å². The Labute approximate surface area is 78.2 Å². The Bertz CT molecular complexity index is 309. The van der Waals surface area contributed by atoms with E-state index in [1.807, 2.05) is 44.2 Å². The van der Waals surface area contributed by atoms with E-state index in [0.29, 0.717) is 0 Å². The second-order valence-electron chi connectivity index (χ2n) is 2.84. The van der Waals surface area contributed by atoms with Crippen molar-refractivity contribution in [2.24, 2.45) is 0 Å². The Kier molecular flexibility index (Phi) is 3.16. The molecule has 0 atom stereocenters. The maximum atomic E-state index is 5.73. The molecule has 0 radical (unpaired) electrons. The van der Waals surface area contributed by atoms with Crippen LogP contribution >= 0.6 is 11.6 Å². The fraction of sp³-hybridized carbons (Fsp3) is 0.182. The number of allylic oxidation sites excluding steroid dienone is 1. The first kappa shape index (κ1) is 9.12. The molecular weight excluding hydrogens is 168 g/mol. The van der Waals surface area contributed by atoms with E-state index in [1.165, 1.54) is 5.57 Å². The van der Waals surface area contributed by atoms with Gasteiger partial charge in [-0.3, -0.25) is 0 Å².